The van der Waals surface area contributed by atoms with Gasteiger partial charge in [0.2, 0.25) is 11.7 Å². The number of rotatable bonds is 3. The molecule has 1 aromatic rings. The number of aliphatic carboxylic acids is 1. The minimum absolute atomic E-state index is 0.471. The first kappa shape index (κ1) is 13.2. The van der Waals surface area contributed by atoms with Crippen LogP contribution in [0.1, 0.15) is 20.8 Å². The quantitative estimate of drug-likeness (QED) is 0.815. The van der Waals surface area contributed by atoms with E-state index >= 15 is 0 Å². The molecular weight excluding hydrogens is 250 g/mol. The van der Waals surface area contributed by atoms with Crippen molar-refractivity contribution in [3.8, 4) is 11.5 Å². The van der Waals surface area contributed by atoms with Gasteiger partial charge in [-0.25, -0.2) is 0 Å². The van der Waals surface area contributed by atoms with E-state index < -0.39 is 23.6 Å². The standard InChI is InChI=1S/C13H15NO5/c1-7(12(16)17)11(15)14-8-4-5-9-10(6-8)19-13(2,3)18-9/h4-7H,1-3H3,(H,14,15)(H,16,17). The highest BCUT2D eigenvalue weighted by Gasteiger charge is 2.32. The summed E-state index contributed by atoms with van der Waals surface area (Å²) in [5, 5.41) is 11.3. The van der Waals surface area contributed by atoms with E-state index in [1.807, 2.05) is 0 Å². The van der Waals surface area contributed by atoms with Crippen LogP contribution < -0.4 is 14.8 Å². The SMILES string of the molecule is CC(C(=O)O)C(=O)Nc1ccc2c(c1)OC(C)(C)O2. The molecule has 2 rings (SSSR count). The Morgan fingerprint density at radius 3 is 2.53 bits per heavy atom. The van der Waals surface area contributed by atoms with E-state index in [0.29, 0.717) is 17.2 Å². The lowest BCUT2D eigenvalue weighted by molar-refractivity contribution is -0.144. The Labute approximate surface area is 110 Å². The molecule has 1 atom stereocenters. The van der Waals surface area contributed by atoms with Crippen molar-refractivity contribution in [3.63, 3.8) is 0 Å². The highest BCUT2D eigenvalue weighted by atomic mass is 16.7. The molecule has 1 unspecified atom stereocenters. The van der Waals surface area contributed by atoms with Gasteiger partial charge in [0.25, 0.3) is 0 Å². The highest BCUT2D eigenvalue weighted by Crippen LogP contribution is 2.40. The van der Waals surface area contributed by atoms with Crippen LogP contribution in [-0.2, 0) is 9.59 Å². The molecule has 0 saturated carbocycles. The first-order chi connectivity index (χ1) is 8.78. The average Bonchev–Trinajstić information content (AvgIpc) is 2.60. The van der Waals surface area contributed by atoms with Crippen molar-refractivity contribution in [1.29, 1.82) is 0 Å². The molecule has 0 radical (unpaired) electrons. The van der Waals surface area contributed by atoms with Gasteiger partial charge in [-0.05, 0) is 19.1 Å². The fourth-order valence-corrected chi connectivity index (χ4v) is 1.66. The van der Waals surface area contributed by atoms with Crippen LogP contribution in [0.15, 0.2) is 18.2 Å². The second-order valence-corrected chi connectivity index (χ2v) is 4.81. The van der Waals surface area contributed by atoms with Crippen LogP contribution in [0.2, 0.25) is 0 Å². The van der Waals surface area contributed by atoms with Gasteiger partial charge in [0.1, 0.15) is 5.92 Å². The first-order valence-corrected chi connectivity index (χ1v) is 5.84. The molecule has 1 aliphatic rings. The molecule has 0 spiro atoms. The topological polar surface area (TPSA) is 84.9 Å². The smallest absolute Gasteiger partial charge is 0.315 e. The number of anilines is 1. The van der Waals surface area contributed by atoms with E-state index in [9.17, 15) is 9.59 Å². The molecule has 102 valence electrons. The zero-order valence-corrected chi connectivity index (χ0v) is 10.9. The lowest BCUT2D eigenvalue weighted by Crippen LogP contribution is -2.29. The first-order valence-electron chi connectivity index (χ1n) is 5.84. The molecule has 1 aliphatic heterocycles. The van der Waals surface area contributed by atoms with Crippen LogP contribution in [0.5, 0.6) is 11.5 Å². The van der Waals surface area contributed by atoms with Crippen molar-refractivity contribution in [2.75, 3.05) is 5.32 Å². The van der Waals surface area contributed by atoms with Gasteiger partial charge in [0, 0.05) is 25.6 Å². The van der Waals surface area contributed by atoms with E-state index in [2.05, 4.69) is 5.32 Å². The average molecular weight is 265 g/mol. The fourth-order valence-electron chi connectivity index (χ4n) is 1.66. The van der Waals surface area contributed by atoms with Gasteiger partial charge in [-0.2, -0.15) is 0 Å². The zero-order valence-electron chi connectivity index (χ0n) is 10.9. The van der Waals surface area contributed by atoms with Crippen molar-refractivity contribution in [2.45, 2.75) is 26.6 Å². The van der Waals surface area contributed by atoms with Crippen molar-refractivity contribution in [3.05, 3.63) is 18.2 Å². The van der Waals surface area contributed by atoms with E-state index in [0.717, 1.165) is 0 Å². The number of carbonyl (C=O) groups excluding carboxylic acids is 1. The summed E-state index contributed by atoms with van der Waals surface area (Å²) in [6.45, 7) is 4.88. The number of carboxylic acid groups (broad SMARTS) is 1. The van der Waals surface area contributed by atoms with Crippen molar-refractivity contribution < 1.29 is 24.2 Å². The summed E-state index contributed by atoms with van der Waals surface area (Å²) in [5.74, 6) is -2.48. The Hall–Kier alpha value is -2.24. The largest absolute Gasteiger partial charge is 0.481 e. The molecule has 0 saturated heterocycles. The van der Waals surface area contributed by atoms with Gasteiger partial charge < -0.3 is 19.9 Å². The van der Waals surface area contributed by atoms with Gasteiger partial charge >= 0.3 is 5.97 Å². The summed E-state index contributed by atoms with van der Waals surface area (Å²) in [6.07, 6.45) is 0. The van der Waals surface area contributed by atoms with Crippen LogP contribution in [0.3, 0.4) is 0 Å². The maximum absolute atomic E-state index is 11.6. The van der Waals surface area contributed by atoms with Gasteiger partial charge in [-0.3, -0.25) is 9.59 Å². The Balaban J connectivity index is 2.13. The Bertz CT molecular complexity index is 538. The third-order valence-electron chi connectivity index (χ3n) is 2.69. The number of carboxylic acids is 1. The fraction of sp³-hybridized carbons (Fsp3) is 0.385. The molecule has 2 N–H and O–H groups in total. The molecule has 6 nitrogen and oxygen atoms in total. The van der Waals surface area contributed by atoms with Gasteiger partial charge in [0.15, 0.2) is 11.5 Å². The minimum Gasteiger partial charge on any atom is -0.481 e. The van der Waals surface area contributed by atoms with Gasteiger partial charge in [0.05, 0.1) is 0 Å². The zero-order chi connectivity index (χ0) is 14.2. The second-order valence-electron chi connectivity index (χ2n) is 4.81. The summed E-state index contributed by atoms with van der Waals surface area (Å²) >= 11 is 0. The molecule has 1 amide bonds. The summed E-state index contributed by atoms with van der Waals surface area (Å²) in [4.78, 5) is 22.3. The monoisotopic (exact) mass is 265 g/mol. The minimum atomic E-state index is -1.17. The summed E-state index contributed by atoms with van der Waals surface area (Å²) in [6, 6.07) is 4.91. The molecule has 0 aliphatic carbocycles. The highest BCUT2D eigenvalue weighted by molar-refractivity contribution is 6.03. The maximum Gasteiger partial charge on any atom is 0.315 e. The summed E-state index contributed by atoms with van der Waals surface area (Å²) in [5.41, 5.74) is 0.471. The molecule has 1 aromatic carbocycles. The number of fused-ring (bicyclic) bond motifs is 1. The Morgan fingerprint density at radius 2 is 1.89 bits per heavy atom. The molecule has 0 fully saturated rings. The Kier molecular flexibility index (Phi) is 3.09. The Morgan fingerprint density at radius 1 is 1.26 bits per heavy atom. The summed E-state index contributed by atoms with van der Waals surface area (Å²) < 4.78 is 11.0. The number of benzene rings is 1. The molecular formula is C13H15NO5. The normalized spacial score (nSPS) is 16.8. The van der Waals surface area contributed by atoms with Crippen molar-refractivity contribution in [1.82, 2.24) is 0 Å². The lowest BCUT2D eigenvalue weighted by atomic mass is 10.1. The molecule has 1 heterocycles. The number of ether oxygens (including phenoxy) is 2. The number of carbonyl (C=O) groups is 2. The van der Waals surface area contributed by atoms with Gasteiger partial charge in [-0.1, -0.05) is 0 Å². The molecule has 0 aromatic heterocycles. The van der Waals surface area contributed by atoms with E-state index in [1.54, 1.807) is 32.0 Å². The van der Waals surface area contributed by atoms with Crippen molar-refractivity contribution in [2.24, 2.45) is 5.92 Å². The summed E-state index contributed by atoms with van der Waals surface area (Å²) in [7, 11) is 0. The molecule has 6 heteroatoms. The predicted molar refractivity (Wildman–Crippen MR) is 67.2 cm³/mol. The third kappa shape index (κ3) is 2.78. The van der Waals surface area contributed by atoms with Crippen LogP contribution in [0.4, 0.5) is 5.69 Å². The lowest BCUT2D eigenvalue weighted by Gasteiger charge is -2.16. The third-order valence-corrected chi connectivity index (χ3v) is 2.69. The predicted octanol–water partition coefficient (Wildman–Crippen LogP) is 1.85. The number of nitrogens with one attached hydrogen (secondary N) is 1. The second kappa shape index (κ2) is 4.46. The van der Waals surface area contributed by atoms with E-state index in [4.69, 9.17) is 14.6 Å². The molecule has 0 bridgehead atoms. The maximum atomic E-state index is 11.6. The van der Waals surface area contributed by atoms with Crippen molar-refractivity contribution >= 4 is 17.6 Å². The molecule has 19 heavy (non-hydrogen) atoms. The van der Waals surface area contributed by atoms with Crippen LogP contribution in [0.25, 0.3) is 0 Å². The van der Waals surface area contributed by atoms with Crippen LogP contribution >= 0.6 is 0 Å². The van der Waals surface area contributed by atoms with Crippen LogP contribution in [-0.4, -0.2) is 22.8 Å². The van der Waals surface area contributed by atoms with Crippen LogP contribution in [0, 0.1) is 5.92 Å². The van der Waals surface area contributed by atoms with Gasteiger partial charge in [-0.15, -0.1) is 0 Å². The number of hydrogen-bond acceptors (Lipinski definition) is 4. The van der Waals surface area contributed by atoms with E-state index in [1.165, 1.54) is 6.92 Å². The van der Waals surface area contributed by atoms with E-state index in [-0.39, 0.29) is 0 Å². The number of amides is 1. The number of hydrogen-bond donors (Lipinski definition) is 2.